The summed E-state index contributed by atoms with van der Waals surface area (Å²) >= 11 is 6.28. The van der Waals surface area contributed by atoms with Crippen LogP contribution in [0.3, 0.4) is 0 Å². The van der Waals surface area contributed by atoms with Gasteiger partial charge in [0, 0.05) is 32.7 Å². The van der Waals surface area contributed by atoms with Crippen LogP contribution >= 0.6 is 11.6 Å². The summed E-state index contributed by atoms with van der Waals surface area (Å²) in [5.41, 5.74) is 7.47. The number of anilines is 1. The van der Waals surface area contributed by atoms with E-state index >= 15 is 0 Å². The molecule has 0 atom stereocenters. The zero-order valence-corrected chi connectivity index (χ0v) is 12.8. The third-order valence-electron chi connectivity index (χ3n) is 4.76. The summed E-state index contributed by atoms with van der Waals surface area (Å²) < 4.78 is 0. The Morgan fingerprint density at radius 1 is 1.10 bits per heavy atom. The van der Waals surface area contributed by atoms with Crippen molar-refractivity contribution in [3.05, 3.63) is 29.3 Å². The van der Waals surface area contributed by atoms with Gasteiger partial charge in [0.1, 0.15) is 0 Å². The SMILES string of the molecule is NCCC1(CN2CCN(c3ccccc3Cl)CC2)CC1. The zero-order chi connectivity index (χ0) is 14.0. The fourth-order valence-electron chi connectivity index (χ4n) is 3.30. The molecule has 1 saturated heterocycles. The number of hydrogen-bond donors (Lipinski definition) is 1. The van der Waals surface area contributed by atoms with E-state index in [9.17, 15) is 0 Å². The first kappa shape index (κ1) is 14.2. The van der Waals surface area contributed by atoms with Crippen LogP contribution in [0.2, 0.25) is 5.02 Å². The van der Waals surface area contributed by atoms with Gasteiger partial charge in [0.05, 0.1) is 10.7 Å². The summed E-state index contributed by atoms with van der Waals surface area (Å²) in [6, 6.07) is 8.15. The van der Waals surface area contributed by atoms with Crippen molar-refractivity contribution in [3.8, 4) is 0 Å². The smallest absolute Gasteiger partial charge is 0.0639 e. The molecule has 1 aliphatic heterocycles. The molecular formula is C16H24ClN3. The highest BCUT2D eigenvalue weighted by Crippen LogP contribution is 2.49. The fourth-order valence-corrected chi connectivity index (χ4v) is 3.55. The number of rotatable bonds is 5. The predicted octanol–water partition coefficient (Wildman–Crippen LogP) is 2.59. The molecule has 0 aromatic heterocycles. The Morgan fingerprint density at radius 2 is 1.80 bits per heavy atom. The highest BCUT2D eigenvalue weighted by molar-refractivity contribution is 6.33. The largest absolute Gasteiger partial charge is 0.368 e. The van der Waals surface area contributed by atoms with Crippen molar-refractivity contribution in [2.45, 2.75) is 19.3 Å². The van der Waals surface area contributed by atoms with Gasteiger partial charge in [-0.25, -0.2) is 0 Å². The average molecular weight is 294 g/mol. The molecule has 0 bridgehead atoms. The van der Waals surface area contributed by atoms with Crippen molar-refractivity contribution in [1.29, 1.82) is 0 Å². The highest BCUT2D eigenvalue weighted by Gasteiger charge is 2.43. The molecule has 2 aliphatic rings. The van der Waals surface area contributed by atoms with Gasteiger partial charge in [-0.15, -0.1) is 0 Å². The van der Waals surface area contributed by atoms with Gasteiger partial charge in [-0.1, -0.05) is 23.7 Å². The fraction of sp³-hybridized carbons (Fsp3) is 0.625. The molecule has 0 radical (unpaired) electrons. The number of halogens is 1. The molecule has 0 unspecified atom stereocenters. The Morgan fingerprint density at radius 3 is 2.40 bits per heavy atom. The van der Waals surface area contributed by atoms with Crippen LogP contribution in [-0.2, 0) is 0 Å². The van der Waals surface area contributed by atoms with E-state index in [0.717, 1.165) is 37.7 Å². The van der Waals surface area contributed by atoms with Crippen LogP contribution in [0.15, 0.2) is 24.3 Å². The monoisotopic (exact) mass is 293 g/mol. The molecule has 20 heavy (non-hydrogen) atoms. The van der Waals surface area contributed by atoms with E-state index in [1.165, 1.54) is 31.5 Å². The molecule has 3 nitrogen and oxygen atoms in total. The minimum Gasteiger partial charge on any atom is -0.368 e. The van der Waals surface area contributed by atoms with E-state index in [2.05, 4.69) is 21.9 Å². The van der Waals surface area contributed by atoms with E-state index in [4.69, 9.17) is 17.3 Å². The number of para-hydroxylation sites is 1. The first-order chi connectivity index (χ1) is 9.72. The molecular weight excluding hydrogens is 270 g/mol. The molecule has 0 spiro atoms. The van der Waals surface area contributed by atoms with E-state index in [1.807, 2.05) is 12.1 Å². The van der Waals surface area contributed by atoms with Gasteiger partial charge in [-0.2, -0.15) is 0 Å². The Balaban J connectivity index is 1.54. The molecule has 1 aromatic rings. The lowest BCUT2D eigenvalue weighted by molar-refractivity contribution is 0.203. The molecule has 1 aliphatic carbocycles. The second-order valence-corrected chi connectivity index (χ2v) is 6.66. The summed E-state index contributed by atoms with van der Waals surface area (Å²) in [4.78, 5) is 5.01. The van der Waals surface area contributed by atoms with Gasteiger partial charge >= 0.3 is 0 Å². The minimum atomic E-state index is 0.557. The molecule has 0 amide bonds. The minimum absolute atomic E-state index is 0.557. The number of piperazine rings is 1. The number of hydrogen-bond acceptors (Lipinski definition) is 3. The maximum atomic E-state index is 6.28. The Hall–Kier alpha value is -0.770. The van der Waals surface area contributed by atoms with Crippen LogP contribution in [0.1, 0.15) is 19.3 Å². The molecule has 2 N–H and O–H groups in total. The highest BCUT2D eigenvalue weighted by atomic mass is 35.5. The van der Waals surface area contributed by atoms with Gasteiger partial charge in [-0.05, 0) is 43.4 Å². The lowest BCUT2D eigenvalue weighted by Crippen LogP contribution is -2.48. The Labute approximate surface area is 126 Å². The molecule has 3 rings (SSSR count). The number of nitrogens with zero attached hydrogens (tertiary/aromatic N) is 2. The Bertz CT molecular complexity index is 451. The van der Waals surface area contributed by atoms with Crippen LogP contribution in [0, 0.1) is 5.41 Å². The summed E-state index contributed by atoms with van der Waals surface area (Å²) in [5, 5.41) is 0.864. The second-order valence-electron chi connectivity index (χ2n) is 6.25. The maximum absolute atomic E-state index is 6.28. The van der Waals surface area contributed by atoms with Crippen molar-refractivity contribution in [3.63, 3.8) is 0 Å². The van der Waals surface area contributed by atoms with Gasteiger partial charge in [-0.3, -0.25) is 4.90 Å². The van der Waals surface area contributed by atoms with E-state index in [0.29, 0.717) is 5.41 Å². The quantitative estimate of drug-likeness (QED) is 0.906. The molecule has 2 fully saturated rings. The molecule has 4 heteroatoms. The zero-order valence-electron chi connectivity index (χ0n) is 12.0. The summed E-state index contributed by atoms with van der Waals surface area (Å²) in [5.74, 6) is 0. The first-order valence-corrected chi connectivity index (χ1v) is 8.02. The second kappa shape index (κ2) is 5.92. The van der Waals surface area contributed by atoms with Gasteiger partial charge in [0.2, 0.25) is 0 Å². The van der Waals surface area contributed by atoms with Crippen molar-refractivity contribution >= 4 is 17.3 Å². The molecule has 1 aromatic carbocycles. The molecule has 1 heterocycles. The van der Waals surface area contributed by atoms with Crippen LogP contribution in [-0.4, -0.2) is 44.2 Å². The number of benzene rings is 1. The third kappa shape index (κ3) is 3.11. The summed E-state index contributed by atoms with van der Waals surface area (Å²) in [6.07, 6.45) is 3.93. The molecule has 110 valence electrons. The van der Waals surface area contributed by atoms with E-state index < -0.39 is 0 Å². The topological polar surface area (TPSA) is 32.5 Å². The van der Waals surface area contributed by atoms with Gasteiger partial charge < -0.3 is 10.6 Å². The predicted molar refractivity (Wildman–Crippen MR) is 85.4 cm³/mol. The number of nitrogens with two attached hydrogens (primary N) is 1. The van der Waals surface area contributed by atoms with Crippen LogP contribution in [0.4, 0.5) is 5.69 Å². The van der Waals surface area contributed by atoms with Crippen molar-refractivity contribution in [2.75, 3.05) is 44.2 Å². The average Bonchev–Trinajstić information content (AvgIpc) is 3.20. The maximum Gasteiger partial charge on any atom is 0.0639 e. The normalized spacial score (nSPS) is 22.0. The van der Waals surface area contributed by atoms with Crippen molar-refractivity contribution < 1.29 is 0 Å². The third-order valence-corrected chi connectivity index (χ3v) is 5.08. The van der Waals surface area contributed by atoms with Gasteiger partial charge in [0.15, 0.2) is 0 Å². The van der Waals surface area contributed by atoms with Crippen LogP contribution in [0.25, 0.3) is 0 Å². The van der Waals surface area contributed by atoms with Crippen molar-refractivity contribution in [1.82, 2.24) is 4.90 Å². The molecule has 1 saturated carbocycles. The standard InChI is InChI=1S/C16H24ClN3/c17-14-3-1-2-4-15(14)20-11-9-19(10-12-20)13-16(5-6-16)7-8-18/h1-4H,5-13,18H2. The summed E-state index contributed by atoms with van der Waals surface area (Å²) in [7, 11) is 0. The lowest BCUT2D eigenvalue weighted by atomic mass is 10.0. The van der Waals surface area contributed by atoms with Crippen LogP contribution in [0.5, 0.6) is 0 Å². The van der Waals surface area contributed by atoms with E-state index in [-0.39, 0.29) is 0 Å². The summed E-state index contributed by atoms with van der Waals surface area (Å²) in [6.45, 7) is 6.49. The first-order valence-electron chi connectivity index (χ1n) is 7.64. The lowest BCUT2D eigenvalue weighted by Gasteiger charge is -2.38. The van der Waals surface area contributed by atoms with Crippen LogP contribution < -0.4 is 10.6 Å². The Kier molecular flexibility index (Phi) is 4.20. The van der Waals surface area contributed by atoms with Crippen molar-refractivity contribution in [2.24, 2.45) is 11.1 Å². The van der Waals surface area contributed by atoms with Gasteiger partial charge in [0.25, 0.3) is 0 Å². The van der Waals surface area contributed by atoms with E-state index in [1.54, 1.807) is 0 Å².